The number of rotatable bonds is 5. The molecule has 3 rings (SSSR count). The van der Waals surface area contributed by atoms with E-state index in [1.807, 2.05) is 0 Å². The highest BCUT2D eigenvalue weighted by atomic mass is 79.9. The van der Waals surface area contributed by atoms with Gasteiger partial charge >= 0.3 is 0 Å². The van der Waals surface area contributed by atoms with E-state index in [-0.39, 0.29) is 15.7 Å². The average Bonchev–Trinajstić information content (AvgIpc) is 2.65. The van der Waals surface area contributed by atoms with Crippen molar-refractivity contribution in [3.63, 3.8) is 0 Å². The second-order valence-electron chi connectivity index (χ2n) is 5.84. The summed E-state index contributed by atoms with van der Waals surface area (Å²) in [5.41, 5.74) is 0.729. The summed E-state index contributed by atoms with van der Waals surface area (Å²) >= 11 is 3.11. The SMILES string of the molecule is O=C(Nc1ccc(NS(=O)(=O)c2ccc(F)c(F)c2)cc1)c1ccc(F)cc1Br. The molecule has 0 spiro atoms. The number of carbonyl (C=O) groups excluding carboxylic acids is 1. The van der Waals surface area contributed by atoms with E-state index in [4.69, 9.17) is 0 Å². The highest BCUT2D eigenvalue weighted by Crippen LogP contribution is 2.22. The Morgan fingerprint density at radius 2 is 1.48 bits per heavy atom. The highest BCUT2D eigenvalue weighted by Gasteiger charge is 2.17. The van der Waals surface area contributed by atoms with Crippen LogP contribution >= 0.6 is 15.9 Å². The van der Waals surface area contributed by atoms with E-state index in [1.165, 1.54) is 30.3 Å². The molecule has 1 amide bonds. The first-order chi connectivity index (χ1) is 13.7. The lowest BCUT2D eigenvalue weighted by Gasteiger charge is -2.10. The summed E-state index contributed by atoms with van der Waals surface area (Å²) in [5.74, 6) is -3.42. The van der Waals surface area contributed by atoms with Gasteiger partial charge in [0.2, 0.25) is 0 Å². The van der Waals surface area contributed by atoms with Crippen LogP contribution in [0.25, 0.3) is 0 Å². The average molecular weight is 485 g/mol. The Hall–Kier alpha value is -2.85. The molecule has 0 saturated carbocycles. The molecule has 29 heavy (non-hydrogen) atoms. The molecule has 0 aliphatic carbocycles. The maximum Gasteiger partial charge on any atom is 0.261 e. The molecule has 0 saturated heterocycles. The molecule has 3 aromatic carbocycles. The Kier molecular flexibility index (Phi) is 5.94. The first kappa shape index (κ1) is 20.9. The molecule has 10 heteroatoms. The van der Waals surface area contributed by atoms with E-state index in [1.54, 1.807) is 0 Å². The van der Waals surface area contributed by atoms with Crippen LogP contribution in [0.2, 0.25) is 0 Å². The molecule has 0 unspecified atom stereocenters. The lowest BCUT2D eigenvalue weighted by molar-refractivity contribution is 0.102. The second-order valence-corrected chi connectivity index (χ2v) is 8.37. The summed E-state index contributed by atoms with van der Waals surface area (Å²) in [4.78, 5) is 11.8. The Morgan fingerprint density at radius 3 is 2.10 bits per heavy atom. The third-order valence-corrected chi connectivity index (χ3v) is 5.81. The minimum Gasteiger partial charge on any atom is -0.322 e. The zero-order valence-corrected chi connectivity index (χ0v) is 16.8. The molecule has 2 N–H and O–H groups in total. The Balaban J connectivity index is 1.72. The predicted octanol–water partition coefficient (Wildman–Crippen LogP) is 4.92. The van der Waals surface area contributed by atoms with Gasteiger partial charge < -0.3 is 5.32 Å². The number of nitrogens with one attached hydrogen (secondary N) is 2. The second kappa shape index (κ2) is 8.26. The molecule has 0 heterocycles. The third-order valence-electron chi connectivity index (χ3n) is 3.77. The van der Waals surface area contributed by atoms with Gasteiger partial charge in [-0.1, -0.05) is 0 Å². The van der Waals surface area contributed by atoms with Crippen molar-refractivity contribution in [2.24, 2.45) is 0 Å². The standard InChI is InChI=1S/C19H12BrF3N2O3S/c20-16-9-11(21)1-7-15(16)19(26)24-12-2-4-13(5-3-12)25-29(27,28)14-6-8-17(22)18(23)10-14/h1-10,25H,(H,24,26). The number of hydrogen-bond donors (Lipinski definition) is 2. The summed E-state index contributed by atoms with van der Waals surface area (Å²) in [6.07, 6.45) is 0. The quantitative estimate of drug-likeness (QED) is 0.539. The minimum absolute atomic E-state index is 0.149. The van der Waals surface area contributed by atoms with Gasteiger partial charge in [-0.15, -0.1) is 0 Å². The van der Waals surface area contributed by atoms with Crippen LogP contribution in [0.15, 0.2) is 70.0 Å². The van der Waals surface area contributed by atoms with Gasteiger partial charge in [0, 0.05) is 15.8 Å². The molecular weight excluding hydrogens is 473 g/mol. The zero-order valence-electron chi connectivity index (χ0n) is 14.4. The van der Waals surface area contributed by atoms with Crippen molar-refractivity contribution in [2.45, 2.75) is 4.90 Å². The van der Waals surface area contributed by atoms with Crippen molar-refractivity contribution in [2.75, 3.05) is 10.0 Å². The van der Waals surface area contributed by atoms with Crippen molar-refractivity contribution in [1.82, 2.24) is 0 Å². The number of benzene rings is 3. The van der Waals surface area contributed by atoms with Crippen LogP contribution in [-0.2, 0) is 10.0 Å². The first-order valence-corrected chi connectivity index (χ1v) is 10.3. The van der Waals surface area contributed by atoms with Gasteiger partial charge in [0.15, 0.2) is 11.6 Å². The Labute approximate surface area is 172 Å². The van der Waals surface area contributed by atoms with E-state index in [0.717, 1.165) is 24.3 Å². The van der Waals surface area contributed by atoms with Gasteiger partial charge in [-0.25, -0.2) is 21.6 Å². The van der Waals surface area contributed by atoms with E-state index >= 15 is 0 Å². The first-order valence-electron chi connectivity index (χ1n) is 8.00. The molecule has 0 fully saturated rings. The number of halogens is 4. The topological polar surface area (TPSA) is 75.3 Å². The predicted molar refractivity (Wildman–Crippen MR) is 106 cm³/mol. The molecule has 0 aliphatic rings. The Morgan fingerprint density at radius 1 is 0.828 bits per heavy atom. The van der Waals surface area contributed by atoms with Gasteiger partial charge in [-0.05, 0) is 76.6 Å². The van der Waals surface area contributed by atoms with Crippen LogP contribution in [0, 0.1) is 17.5 Å². The summed E-state index contributed by atoms with van der Waals surface area (Å²) in [5, 5.41) is 2.59. The molecular formula is C19H12BrF3N2O3S. The summed E-state index contributed by atoms with van der Waals surface area (Å²) < 4.78 is 66.4. The smallest absolute Gasteiger partial charge is 0.261 e. The number of carbonyl (C=O) groups is 1. The number of sulfonamides is 1. The third kappa shape index (κ3) is 4.96. The highest BCUT2D eigenvalue weighted by molar-refractivity contribution is 9.10. The summed E-state index contributed by atoms with van der Waals surface area (Å²) in [6.45, 7) is 0. The maximum absolute atomic E-state index is 13.3. The van der Waals surface area contributed by atoms with Gasteiger partial charge in [0.25, 0.3) is 15.9 Å². The largest absolute Gasteiger partial charge is 0.322 e. The molecule has 0 aromatic heterocycles. The molecule has 0 aliphatic heterocycles. The number of amides is 1. The van der Waals surface area contributed by atoms with Crippen LogP contribution in [0.1, 0.15) is 10.4 Å². The fourth-order valence-electron chi connectivity index (χ4n) is 2.35. The maximum atomic E-state index is 13.3. The summed E-state index contributed by atoms with van der Waals surface area (Å²) in [6, 6.07) is 11.5. The van der Waals surface area contributed by atoms with Crippen LogP contribution in [0.3, 0.4) is 0 Å². The van der Waals surface area contributed by atoms with Gasteiger partial charge in [-0.2, -0.15) is 0 Å². The van der Waals surface area contributed by atoms with Crippen LogP contribution in [0.4, 0.5) is 24.5 Å². The van der Waals surface area contributed by atoms with Crippen LogP contribution < -0.4 is 10.0 Å². The lowest BCUT2D eigenvalue weighted by atomic mass is 10.2. The number of hydrogen-bond acceptors (Lipinski definition) is 3. The molecule has 0 atom stereocenters. The molecule has 0 radical (unpaired) electrons. The number of anilines is 2. The van der Waals surface area contributed by atoms with Crippen LogP contribution in [-0.4, -0.2) is 14.3 Å². The van der Waals surface area contributed by atoms with E-state index in [2.05, 4.69) is 26.0 Å². The van der Waals surface area contributed by atoms with Crippen molar-refractivity contribution < 1.29 is 26.4 Å². The zero-order chi connectivity index (χ0) is 21.2. The molecule has 150 valence electrons. The molecule has 3 aromatic rings. The fraction of sp³-hybridized carbons (Fsp3) is 0. The minimum atomic E-state index is -4.13. The summed E-state index contributed by atoms with van der Waals surface area (Å²) in [7, 11) is -4.13. The normalized spacial score (nSPS) is 11.2. The van der Waals surface area contributed by atoms with Gasteiger partial charge in [0.1, 0.15) is 5.82 Å². The van der Waals surface area contributed by atoms with Crippen molar-refractivity contribution in [3.05, 3.63) is 88.2 Å². The van der Waals surface area contributed by atoms with Gasteiger partial charge in [-0.3, -0.25) is 9.52 Å². The monoisotopic (exact) mass is 484 g/mol. The fourth-order valence-corrected chi connectivity index (χ4v) is 3.95. The van der Waals surface area contributed by atoms with E-state index in [0.29, 0.717) is 11.8 Å². The Bertz CT molecular complexity index is 1190. The lowest BCUT2D eigenvalue weighted by Crippen LogP contribution is -2.14. The van der Waals surface area contributed by atoms with Crippen molar-refractivity contribution in [1.29, 1.82) is 0 Å². The van der Waals surface area contributed by atoms with Crippen LogP contribution in [0.5, 0.6) is 0 Å². The van der Waals surface area contributed by atoms with E-state index in [9.17, 15) is 26.4 Å². The molecule has 5 nitrogen and oxygen atoms in total. The van der Waals surface area contributed by atoms with E-state index < -0.39 is 38.3 Å². The van der Waals surface area contributed by atoms with Gasteiger partial charge in [0.05, 0.1) is 10.5 Å². The van der Waals surface area contributed by atoms with Crippen molar-refractivity contribution in [3.8, 4) is 0 Å². The van der Waals surface area contributed by atoms with Crippen molar-refractivity contribution >= 4 is 43.2 Å². The molecule has 0 bridgehead atoms.